The zero-order valence-electron chi connectivity index (χ0n) is 21.9. The summed E-state index contributed by atoms with van der Waals surface area (Å²) in [6, 6.07) is 15.4. The van der Waals surface area contributed by atoms with Gasteiger partial charge in [0.25, 0.3) is 5.56 Å². The number of nitrogens with one attached hydrogen (secondary N) is 1. The van der Waals surface area contributed by atoms with Gasteiger partial charge in [-0.1, -0.05) is 23.5 Å². The molecule has 0 saturated carbocycles. The van der Waals surface area contributed by atoms with Crippen molar-refractivity contribution in [2.75, 3.05) is 38.2 Å². The van der Waals surface area contributed by atoms with Crippen LogP contribution in [0.3, 0.4) is 0 Å². The van der Waals surface area contributed by atoms with Crippen LogP contribution in [-0.4, -0.2) is 68.4 Å². The second kappa shape index (κ2) is 9.48. The van der Waals surface area contributed by atoms with E-state index in [2.05, 4.69) is 63.2 Å². The van der Waals surface area contributed by atoms with E-state index in [1.165, 1.54) is 4.70 Å². The van der Waals surface area contributed by atoms with Gasteiger partial charge in [0.1, 0.15) is 11.8 Å². The number of piperazine rings is 1. The molecule has 196 valence electrons. The predicted molar refractivity (Wildman–Crippen MR) is 149 cm³/mol. The highest BCUT2D eigenvalue weighted by Crippen LogP contribution is 2.33. The van der Waals surface area contributed by atoms with E-state index in [0.29, 0.717) is 11.4 Å². The molecule has 1 saturated heterocycles. The second-order valence-corrected chi connectivity index (χ2v) is 11.5. The van der Waals surface area contributed by atoms with Gasteiger partial charge in [-0.3, -0.25) is 9.69 Å². The molecule has 0 amide bonds. The number of aromatic nitrogens is 6. The maximum Gasteiger partial charge on any atom is 0.253 e. The molecule has 1 aliphatic heterocycles. The van der Waals surface area contributed by atoms with Gasteiger partial charge in [-0.2, -0.15) is 0 Å². The van der Waals surface area contributed by atoms with Crippen LogP contribution in [0.5, 0.6) is 5.75 Å². The zero-order valence-corrected chi connectivity index (χ0v) is 22.7. The minimum Gasteiger partial charge on any atom is -0.497 e. The molecule has 5 aromatic rings. The van der Waals surface area contributed by atoms with Crippen LogP contribution in [0.15, 0.2) is 53.3 Å². The number of aromatic amines is 1. The number of H-pyrrole nitrogens is 1. The molecule has 1 fully saturated rings. The van der Waals surface area contributed by atoms with Crippen LogP contribution >= 0.6 is 11.3 Å². The first kappa shape index (κ1) is 24.5. The lowest BCUT2D eigenvalue weighted by Crippen LogP contribution is -2.49. The number of nitrogens with zero attached hydrogens (tertiary/aromatic N) is 7. The first-order valence-corrected chi connectivity index (χ1v) is 13.5. The Hall–Kier alpha value is -3.83. The van der Waals surface area contributed by atoms with E-state index in [4.69, 9.17) is 9.72 Å². The number of methoxy groups -OCH3 is 1. The van der Waals surface area contributed by atoms with Crippen molar-refractivity contribution in [3.05, 3.63) is 70.3 Å². The molecule has 6 rings (SSSR count). The first-order valence-electron chi connectivity index (χ1n) is 12.7. The smallest absolute Gasteiger partial charge is 0.253 e. The number of anilines is 1. The largest absolute Gasteiger partial charge is 0.497 e. The Balaban J connectivity index is 1.39. The lowest BCUT2D eigenvalue weighted by molar-refractivity contribution is 0.190. The van der Waals surface area contributed by atoms with Gasteiger partial charge in [0.15, 0.2) is 11.0 Å². The Kier molecular flexibility index (Phi) is 6.11. The van der Waals surface area contributed by atoms with E-state index in [0.717, 1.165) is 53.5 Å². The highest BCUT2D eigenvalue weighted by atomic mass is 32.1. The van der Waals surface area contributed by atoms with Crippen molar-refractivity contribution >= 4 is 37.6 Å². The summed E-state index contributed by atoms with van der Waals surface area (Å²) in [5.41, 5.74) is 1.89. The van der Waals surface area contributed by atoms with E-state index in [1.54, 1.807) is 18.4 Å². The van der Waals surface area contributed by atoms with E-state index in [-0.39, 0.29) is 11.1 Å². The molecule has 1 unspecified atom stereocenters. The number of fused-ring (bicyclic) bond motifs is 2. The number of pyridine rings is 1. The van der Waals surface area contributed by atoms with Gasteiger partial charge in [-0.05, 0) is 67.6 Å². The molecule has 0 spiro atoms. The molecule has 2 aromatic carbocycles. The van der Waals surface area contributed by atoms with Crippen LogP contribution in [0.2, 0.25) is 0 Å². The van der Waals surface area contributed by atoms with E-state index in [1.807, 2.05) is 41.1 Å². The summed E-state index contributed by atoms with van der Waals surface area (Å²) in [7, 11) is 1.64. The third-order valence-corrected chi connectivity index (χ3v) is 8.08. The van der Waals surface area contributed by atoms with Gasteiger partial charge >= 0.3 is 0 Å². The Labute approximate surface area is 223 Å². The minimum atomic E-state index is -0.416. The average Bonchev–Trinajstić information content (AvgIpc) is 3.57. The molecule has 38 heavy (non-hydrogen) atoms. The number of hydrogen-bond donors (Lipinski definition) is 1. The maximum absolute atomic E-state index is 13.5. The van der Waals surface area contributed by atoms with Crippen molar-refractivity contribution in [2.45, 2.75) is 32.4 Å². The third kappa shape index (κ3) is 4.41. The number of para-hydroxylation sites is 1. The summed E-state index contributed by atoms with van der Waals surface area (Å²) in [6.07, 6.45) is 0. The molecule has 0 radical (unpaired) electrons. The number of hydrogen-bond acceptors (Lipinski definition) is 9. The fourth-order valence-electron chi connectivity index (χ4n) is 5.04. The maximum atomic E-state index is 13.5. The lowest BCUT2D eigenvalue weighted by atomic mass is 10.0. The van der Waals surface area contributed by atoms with Gasteiger partial charge in [-0.25, -0.2) is 9.67 Å². The summed E-state index contributed by atoms with van der Waals surface area (Å²) in [5.74, 6) is 1.38. The summed E-state index contributed by atoms with van der Waals surface area (Å²) in [6.45, 7) is 9.21. The highest BCUT2D eigenvalue weighted by Gasteiger charge is 2.35. The minimum absolute atomic E-state index is 0.148. The number of thiazole rings is 1. The second-order valence-electron chi connectivity index (χ2n) is 10.5. The van der Waals surface area contributed by atoms with E-state index >= 15 is 0 Å². The summed E-state index contributed by atoms with van der Waals surface area (Å²) < 4.78 is 8.44. The van der Waals surface area contributed by atoms with Gasteiger partial charge in [-0.15, -0.1) is 5.10 Å². The molecule has 1 atom stereocenters. The molecule has 1 aliphatic rings. The Bertz CT molecular complexity index is 1630. The van der Waals surface area contributed by atoms with Gasteiger partial charge in [0.2, 0.25) is 0 Å². The molecule has 0 aliphatic carbocycles. The molecular weight excluding hydrogens is 500 g/mol. The summed E-state index contributed by atoms with van der Waals surface area (Å²) in [5, 5.41) is 14.7. The molecule has 10 nitrogen and oxygen atoms in total. The molecular formula is C27H30N8O2S. The Morgan fingerprint density at radius 1 is 1.05 bits per heavy atom. The van der Waals surface area contributed by atoms with Crippen LogP contribution in [0.4, 0.5) is 5.13 Å². The normalized spacial score (nSPS) is 15.8. The quantitative estimate of drug-likeness (QED) is 0.366. The SMILES string of the molecule is COc1ccc2[nH]c(=O)c(C(c3nnnn3C(C)(C)C)N3CCN(c4nc5ccccc5s4)CC3)cc2c1. The summed E-state index contributed by atoms with van der Waals surface area (Å²) in [4.78, 5) is 26.0. The van der Waals surface area contributed by atoms with E-state index < -0.39 is 6.04 Å². The number of ether oxygens (including phenoxy) is 1. The number of benzene rings is 2. The molecule has 3 aromatic heterocycles. The Morgan fingerprint density at radius 2 is 1.84 bits per heavy atom. The molecule has 11 heteroatoms. The predicted octanol–water partition coefficient (Wildman–Crippen LogP) is 3.80. The van der Waals surface area contributed by atoms with Crippen molar-refractivity contribution in [1.82, 2.24) is 35.1 Å². The van der Waals surface area contributed by atoms with Crippen LogP contribution < -0.4 is 15.2 Å². The van der Waals surface area contributed by atoms with Crippen LogP contribution in [0.1, 0.15) is 38.2 Å². The standard InChI is InChI=1S/C27H30N8O2S/c1-27(2,3)35-24(30-31-32-35)23(19-16-17-15-18(37-4)9-10-20(17)28-25(19)36)33-11-13-34(14-12-33)26-29-21-7-5-6-8-22(21)38-26/h5-10,15-16,23H,11-14H2,1-4H3,(H,28,36). The number of rotatable bonds is 5. The van der Waals surface area contributed by atoms with Crippen LogP contribution in [-0.2, 0) is 5.54 Å². The van der Waals surface area contributed by atoms with Crippen molar-refractivity contribution < 1.29 is 4.74 Å². The topological polar surface area (TPSA) is 105 Å². The van der Waals surface area contributed by atoms with Crippen molar-refractivity contribution in [2.24, 2.45) is 0 Å². The van der Waals surface area contributed by atoms with Crippen molar-refractivity contribution in [1.29, 1.82) is 0 Å². The van der Waals surface area contributed by atoms with Gasteiger partial charge in [0, 0.05) is 42.6 Å². The van der Waals surface area contributed by atoms with E-state index in [9.17, 15) is 4.79 Å². The van der Waals surface area contributed by atoms with Gasteiger partial charge < -0.3 is 14.6 Å². The van der Waals surface area contributed by atoms with Crippen molar-refractivity contribution in [3.63, 3.8) is 0 Å². The van der Waals surface area contributed by atoms with Crippen LogP contribution in [0.25, 0.3) is 21.1 Å². The fourth-order valence-corrected chi connectivity index (χ4v) is 6.06. The molecule has 1 N–H and O–H groups in total. The molecule has 0 bridgehead atoms. The highest BCUT2D eigenvalue weighted by molar-refractivity contribution is 7.22. The van der Waals surface area contributed by atoms with Crippen LogP contribution in [0, 0.1) is 0 Å². The Morgan fingerprint density at radius 3 is 2.58 bits per heavy atom. The monoisotopic (exact) mass is 530 g/mol. The fraction of sp³-hybridized carbons (Fsp3) is 0.370. The lowest BCUT2D eigenvalue weighted by Gasteiger charge is -2.39. The zero-order chi connectivity index (χ0) is 26.4. The first-order chi connectivity index (χ1) is 18.3. The number of tetrazole rings is 1. The average molecular weight is 531 g/mol. The molecule has 4 heterocycles. The van der Waals surface area contributed by atoms with Crippen molar-refractivity contribution in [3.8, 4) is 5.75 Å². The third-order valence-electron chi connectivity index (χ3n) is 6.98. The summed E-state index contributed by atoms with van der Waals surface area (Å²) >= 11 is 1.71. The van der Waals surface area contributed by atoms with Gasteiger partial charge in [0.05, 0.1) is 22.9 Å².